The van der Waals surface area contributed by atoms with E-state index in [2.05, 4.69) is 45.0 Å². The molecule has 1 N–H and O–H groups in total. The monoisotopic (exact) mass is 220 g/mol. The average Bonchev–Trinajstić information content (AvgIpc) is 2.19. The Bertz CT molecular complexity index is 338. The van der Waals surface area contributed by atoms with E-state index in [0.717, 1.165) is 6.42 Å². The lowest BCUT2D eigenvalue weighted by Gasteiger charge is -2.18. The molecule has 0 aromatic heterocycles. The summed E-state index contributed by atoms with van der Waals surface area (Å²) in [5.41, 5.74) is 2.47. The van der Waals surface area contributed by atoms with Gasteiger partial charge in [-0.1, -0.05) is 43.7 Å². The zero-order valence-corrected chi connectivity index (χ0v) is 10.2. The predicted octanol–water partition coefficient (Wildman–Crippen LogP) is 3.28. The van der Waals surface area contributed by atoms with Gasteiger partial charge in [0.25, 0.3) is 0 Å². The molecule has 0 spiro atoms. The number of carboxylic acids is 1. The molecule has 0 aliphatic heterocycles. The Labute approximate surface area is 97.3 Å². The van der Waals surface area contributed by atoms with Crippen LogP contribution >= 0.6 is 0 Å². The summed E-state index contributed by atoms with van der Waals surface area (Å²) < 4.78 is 0. The van der Waals surface area contributed by atoms with Crippen molar-refractivity contribution in [2.75, 3.05) is 0 Å². The fourth-order valence-corrected chi connectivity index (χ4v) is 1.79. The maximum absolute atomic E-state index is 10.8. The maximum Gasteiger partial charge on any atom is 0.303 e. The van der Waals surface area contributed by atoms with E-state index in [1.165, 1.54) is 11.1 Å². The van der Waals surface area contributed by atoms with Crippen LogP contribution in [-0.2, 0) is 11.2 Å². The molecule has 16 heavy (non-hydrogen) atoms. The van der Waals surface area contributed by atoms with Crippen molar-refractivity contribution in [1.29, 1.82) is 0 Å². The van der Waals surface area contributed by atoms with Crippen molar-refractivity contribution in [2.45, 2.75) is 33.6 Å². The van der Waals surface area contributed by atoms with Crippen molar-refractivity contribution in [2.24, 2.45) is 11.8 Å². The highest BCUT2D eigenvalue weighted by Gasteiger charge is 2.17. The van der Waals surface area contributed by atoms with Crippen molar-refractivity contribution in [3.8, 4) is 0 Å². The van der Waals surface area contributed by atoms with Crippen molar-refractivity contribution in [1.82, 2.24) is 0 Å². The first-order valence-electron chi connectivity index (χ1n) is 5.76. The van der Waals surface area contributed by atoms with Crippen LogP contribution in [0.2, 0.25) is 0 Å². The van der Waals surface area contributed by atoms with Crippen LogP contribution in [0.15, 0.2) is 24.3 Å². The molecule has 0 saturated carbocycles. The molecule has 0 fully saturated rings. The van der Waals surface area contributed by atoms with Gasteiger partial charge in [-0.25, -0.2) is 0 Å². The van der Waals surface area contributed by atoms with Gasteiger partial charge in [0.2, 0.25) is 0 Å². The van der Waals surface area contributed by atoms with E-state index in [0.29, 0.717) is 5.92 Å². The summed E-state index contributed by atoms with van der Waals surface area (Å²) in [6.45, 7) is 6.23. The molecule has 2 nitrogen and oxygen atoms in total. The van der Waals surface area contributed by atoms with E-state index in [4.69, 9.17) is 5.11 Å². The minimum Gasteiger partial charge on any atom is -0.481 e. The molecule has 1 atom stereocenters. The molecule has 0 bridgehead atoms. The summed E-state index contributed by atoms with van der Waals surface area (Å²) in [6.07, 6.45) is 1.11. The normalized spacial score (nSPS) is 12.8. The number of benzene rings is 1. The number of carboxylic acid groups (broad SMARTS) is 1. The van der Waals surface area contributed by atoms with Crippen LogP contribution in [0.25, 0.3) is 0 Å². The second kappa shape index (κ2) is 5.69. The van der Waals surface area contributed by atoms with Gasteiger partial charge in [0.05, 0.1) is 0 Å². The third-order valence-electron chi connectivity index (χ3n) is 3.00. The zero-order chi connectivity index (χ0) is 12.1. The Morgan fingerprint density at radius 1 is 1.25 bits per heavy atom. The van der Waals surface area contributed by atoms with Crippen LogP contribution in [-0.4, -0.2) is 11.1 Å². The summed E-state index contributed by atoms with van der Waals surface area (Å²) in [4.78, 5) is 10.8. The van der Waals surface area contributed by atoms with Crippen LogP contribution in [0.1, 0.15) is 31.4 Å². The molecule has 1 aromatic rings. The molecule has 0 aliphatic rings. The molecule has 0 amide bonds. The Morgan fingerprint density at radius 3 is 2.25 bits per heavy atom. The molecule has 1 rings (SSSR count). The summed E-state index contributed by atoms with van der Waals surface area (Å²) in [5, 5.41) is 8.85. The Kier molecular flexibility index (Phi) is 4.53. The van der Waals surface area contributed by atoms with Gasteiger partial charge in [-0.2, -0.15) is 0 Å². The number of aliphatic carboxylic acids is 1. The van der Waals surface area contributed by atoms with Crippen LogP contribution in [0.3, 0.4) is 0 Å². The van der Waals surface area contributed by atoms with Gasteiger partial charge in [-0.3, -0.25) is 4.79 Å². The molecule has 88 valence electrons. The van der Waals surface area contributed by atoms with E-state index < -0.39 is 5.97 Å². The van der Waals surface area contributed by atoms with Crippen molar-refractivity contribution < 1.29 is 9.90 Å². The number of carbonyl (C=O) groups is 1. The summed E-state index contributed by atoms with van der Waals surface area (Å²) in [5.74, 6) is -0.0802. The van der Waals surface area contributed by atoms with Gasteiger partial charge in [0.15, 0.2) is 0 Å². The first kappa shape index (κ1) is 12.8. The highest BCUT2D eigenvalue weighted by Crippen LogP contribution is 2.21. The minimum absolute atomic E-state index is 0.222. The average molecular weight is 220 g/mol. The fraction of sp³-hybridized carbons (Fsp3) is 0.500. The molecule has 0 saturated heterocycles. The Balaban J connectivity index is 2.67. The second-order valence-electron chi connectivity index (χ2n) is 4.79. The van der Waals surface area contributed by atoms with Gasteiger partial charge < -0.3 is 5.11 Å². The van der Waals surface area contributed by atoms with Gasteiger partial charge >= 0.3 is 5.97 Å². The molecule has 1 unspecified atom stereocenters. The van der Waals surface area contributed by atoms with E-state index in [-0.39, 0.29) is 12.3 Å². The molecule has 2 heteroatoms. The highest BCUT2D eigenvalue weighted by atomic mass is 16.4. The summed E-state index contributed by atoms with van der Waals surface area (Å²) in [7, 11) is 0. The van der Waals surface area contributed by atoms with Gasteiger partial charge in [0.1, 0.15) is 0 Å². The fourth-order valence-electron chi connectivity index (χ4n) is 1.79. The van der Waals surface area contributed by atoms with Crippen molar-refractivity contribution in [3.63, 3.8) is 0 Å². The molecular weight excluding hydrogens is 200 g/mol. The van der Waals surface area contributed by atoms with E-state index in [1.54, 1.807) is 0 Å². The molecule has 0 heterocycles. The van der Waals surface area contributed by atoms with E-state index >= 15 is 0 Å². The van der Waals surface area contributed by atoms with Gasteiger partial charge in [-0.05, 0) is 30.7 Å². The zero-order valence-electron chi connectivity index (χ0n) is 10.2. The van der Waals surface area contributed by atoms with Crippen LogP contribution in [0.5, 0.6) is 0 Å². The molecule has 0 radical (unpaired) electrons. The lowest BCUT2D eigenvalue weighted by atomic mass is 9.86. The summed E-state index contributed by atoms with van der Waals surface area (Å²) in [6, 6.07) is 8.33. The quantitative estimate of drug-likeness (QED) is 0.826. The maximum atomic E-state index is 10.8. The number of hydrogen-bond acceptors (Lipinski definition) is 1. The molecule has 1 aromatic carbocycles. The van der Waals surface area contributed by atoms with Gasteiger partial charge in [-0.15, -0.1) is 0 Å². The number of rotatable bonds is 5. The predicted molar refractivity (Wildman–Crippen MR) is 65.5 cm³/mol. The number of hydrogen-bond donors (Lipinski definition) is 1. The highest BCUT2D eigenvalue weighted by molar-refractivity contribution is 5.67. The first-order chi connectivity index (χ1) is 7.49. The standard InChI is InChI=1S/C14H20O2/c1-10(2)13(9-14(15)16)8-12-6-4-11(3)5-7-12/h4-7,10,13H,8-9H2,1-3H3,(H,15,16). The van der Waals surface area contributed by atoms with Crippen LogP contribution < -0.4 is 0 Å². The second-order valence-corrected chi connectivity index (χ2v) is 4.79. The SMILES string of the molecule is Cc1ccc(CC(CC(=O)O)C(C)C)cc1. The molecular formula is C14H20O2. The summed E-state index contributed by atoms with van der Waals surface area (Å²) >= 11 is 0. The molecule has 0 aliphatic carbocycles. The van der Waals surface area contributed by atoms with Crippen LogP contribution in [0.4, 0.5) is 0 Å². The van der Waals surface area contributed by atoms with Gasteiger partial charge in [0, 0.05) is 6.42 Å². The van der Waals surface area contributed by atoms with E-state index in [9.17, 15) is 4.79 Å². The topological polar surface area (TPSA) is 37.3 Å². The minimum atomic E-state index is -0.703. The smallest absolute Gasteiger partial charge is 0.303 e. The van der Waals surface area contributed by atoms with Crippen molar-refractivity contribution >= 4 is 5.97 Å². The first-order valence-corrected chi connectivity index (χ1v) is 5.76. The van der Waals surface area contributed by atoms with E-state index in [1.807, 2.05) is 0 Å². The number of aryl methyl sites for hydroxylation is 1. The van der Waals surface area contributed by atoms with Crippen LogP contribution in [0, 0.1) is 18.8 Å². The third kappa shape index (κ3) is 4.05. The Hall–Kier alpha value is -1.31. The largest absolute Gasteiger partial charge is 0.481 e. The lowest BCUT2D eigenvalue weighted by molar-refractivity contribution is -0.138. The van der Waals surface area contributed by atoms with Crippen molar-refractivity contribution in [3.05, 3.63) is 35.4 Å². The lowest BCUT2D eigenvalue weighted by Crippen LogP contribution is -2.16. The Morgan fingerprint density at radius 2 is 1.81 bits per heavy atom. The third-order valence-corrected chi connectivity index (χ3v) is 3.00.